The third kappa shape index (κ3) is 4.19. The number of benzene rings is 1. The van der Waals surface area contributed by atoms with Crippen molar-refractivity contribution in [1.29, 1.82) is 0 Å². The molecule has 1 saturated heterocycles. The molecule has 2 aromatic rings. The van der Waals surface area contributed by atoms with Gasteiger partial charge < -0.3 is 15.5 Å². The minimum Gasteiger partial charge on any atom is -0.343 e. The Morgan fingerprint density at radius 2 is 2.17 bits per heavy atom. The summed E-state index contributed by atoms with van der Waals surface area (Å²) >= 11 is 1.59. The summed E-state index contributed by atoms with van der Waals surface area (Å²) in [6.45, 7) is 2.56. The van der Waals surface area contributed by atoms with Crippen LogP contribution in [0.3, 0.4) is 0 Å². The zero-order valence-electron chi connectivity index (χ0n) is 12.9. The van der Waals surface area contributed by atoms with Gasteiger partial charge in [0.05, 0.1) is 16.8 Å². The van der Waals surface area contributed by atoms with Crippen molar-refractivity contribution in [3.63, 3.8) is 0 Å². The highest BCUT2D eigenvalue weighted by molar-refractivity contribution is 7.18. The molecular weight excluding hydrogens is 312 g/mol. The Hall–Kier alpha value is -2.15. The summed E-state index contributed by atoms with van der Waals surface area (Å²) < 4.78 is 1.12. The van der Waals surface area contributed by atoms with Gasteiger partial charge in [-0.15, -0.1) is 11.3 Å². The lowest BCUT2D eigenvalue weighted by Gasteiger charge is -2.15. The predicted octanol–water partition coefficient (Wildman–Crippen LogP) is 2.11. The van der Waals surface area contributed by atoms with E-state index in [0.717, 1.165) is 41.2 Å². The molecule has 23 heavy (non-hydrogen) atoms. The number of thiazole rings is 1. The number of hydrogen-bond donors (Lipinski definition) is 2. The Labute approximate surface area is 138 Å². The zero-order chi connectivity index (χ0) is 16.1. The highest BCUT2D eigenvalue weighted by Crippen LogP contribution is 2.21. The Morgan fingerprint density at radius 1 is 1.30 bits per heavy atom. The number of para-hydroxylation sites is 1. The maximum atomic E-state index is 11.8. The number of aromatic nitrogens is 1. The molecule has 0 aliphatic carbocycles. The number of fused-ring (bicyclic) bond motifs is 1. The summed E-state index contributed by atoms with van der Waals surface area (Å²) in [6, 6.07) is 7.73. The molecule has 2 heterocycles. The zero-order valence-corrected chi connectivity index (χ0v) is 13.7. The van der Waals surface area contributed by atoms with Gasteiger partial charge in [0.25, 0.3) is 0 Å². The van der Waals surface area contributed by atoms with Gasteiger partial charge in [0.15, 0.2) is 0 Å². The van der Waals surface area contributed by atoms with Gasteiger partial charge in [-0.3, -0.25) is 4.79 Å². The lowest BCUT2D eigenvalue weighted by atomic mass is 10.3. The first kappa shape index (κ1) is 15.7. The van der Waals surface area contributed by atoms with E-state index < -0.39 is 0 Å². The number of urea groups is 1. The maximum Gasteiger partial charge on any atom is 0.315 e. The van der Waals surface area contributed by atoms with Crippen LogP contribution < -0.4 is 10.6 Å². The number of amides is 3. The highest BCUT2D eigenvalue weighted by atomic mass is 32.1. The molecule has 0 unspecified atom stereocenters. The topological polar surface area (TPSA) is 74.3 Å². The number of hydrogen-bond acceptors (Lipinski definition) is 4. The van der Waals surface area contributed by atoms with Crippen molar-refractivity contribution in [2.24, 2.45) is 0 Å². The Morgan fingerprint density at radius 3 is 2.96 bits per heavy atom. The minimum absolute atomic E-state index is 0.197. The van der Waals surface area contributed by atoms with E-state index in [0.29, 0.717) is 19.5 Å². The van der Waals surface area contributed by atoms with Crippen molar-refractivity contribution in [1.82, 2.24) is 20.5 Å². The number of likely N-dealkylation sites (tertiary alicyclic amines) is 1. The van der Waals surface area contributed by atoms with Gasteiger partial charge in [0.1, 0.15) is 5.01 Å². The lowest BCUT2D eigenvalue weighted by Crippen LogP contribution is -2.37. The molecule has 0 bridgehead atoms. The van der Waals surface area contributed by atoms with Crippen molar-refractivity contribution in [3.8, 4) is 0 Å². The standard InChI is InChI=1S/C16H20N4O2S/c21-15-7-3-9-20(15)10-4-8-17-16(22)18-11-14-19-12-5-1-2-6-13(12)23-14/h1-2,5-6H,3-4,7-11H2,(H2,17,18,22). The average Bonchev–Trinajstić information content (AvgIpc) is 3.15. The number of carbonyl (C=O) groups is 2. The quantitative estimate of drug-likeness (QED) is 0.796. The molecule has 0 saturated carbocycles. The molecular formula is C16H20N4O2S. The number of carbonyl (C=O) groups excluding carboxylic acids is 2. The molecule has 122 valence electrons. The first-order valence-electron chi connectivity index (χ1n) is 7.86. The first-order chi connectivity index (χ1) is 11.2. The Kier molecular flexibility index (Phi) is 5.07. The van der Waals surface area contributed by atoms with E-state index in [2.05, 4.69) is 15.6 Å². The molecule has 1 aliphatic heterocycles. The molecule has 3 amide bonds. The number of rotatable bonds is 6. The molecule has 3 rings (SSSR count). The number of nitrogens with zero attached hydrogens (tertiary/aromatic N) is 2. The van der Waals surface area contributed by atoms with Crippen LogP contribution in [0.5, 0.6) is 0 Å². The smallest absolute Gasteiger partial charge is 0.315 e. The second-order valence-corrected chi connectivity index (χ2v) is 6.64. The van der Waals surface area contributed by atoms with E-state index in [1.165, 1.54) is 0 Å². The van der Waals surface area contributed by atoms with Crippen LogP contribution in [0, 0.1) is 0 Å². The molecule has 2 N–H and O–H groups in total. The van der Waals surface area contributed by atoms with Gasteiger partial charge in [-0.2, -0.15) is 0 Å². The van der Waals surface area contributed by atoms with E-state index in [1.54, 1.807) is 11.3 Å². The molecule has 1 fully saturated rings. The molecule has 6 nitrogen and oxygen atoms in total. The van der Waals surface area contributed by atoms with Crippen molar-refractivity contribution in [2.75, 3.05) is 19.6 Å². The summed E-state index contributed by atoms with van der Waals surface area (Å²) in [7, 11) is 0. The van der Waals surface area contributed by atoms with Crippen LogP contribution in [0.2, 0.25) is 0 Å². The lowest BCUT2D eigenvalue weighted by molar-refractivity contribution is -0.127. The summed E-state index contributed by atoms with van der Waals surface area (Å²) in [5, 5.41) is 6.52. The summed E-state index contributed by atoms with van der Waals surface area (Å²) in [4.78, 5) is 29.6. The monoisotopic (exact) mass is 332 g/mol. The summed E-state index contributed by atoms with van der Waals surface area (Å²) in [5.41, 5.74) is 0.963. The SMILES string of the molecule is O=C(NCCCN1CCCC1=O)NCc1nc2ccccc2s1. The predicted molar refractivity (Wildman–Crippen MR) is 90.3 cm³/mol. The molecule has 0 atom stereocenters. The van der Waals surface area contributed by atoms with E-state index in [9.17, 15) is 9.59 Å². The fourth-order valence-corrected chi connectivity index (χ4v) is 3.53. The van der Waals surface area contributed by atoms with Crippen LogP contribution in [0.25, 0.3) is 10.2 Å². The van der Waals surface area contributed by atoms with Gasteiger partial charge >= 0.3 is 6.03 Å². The van der Waals surface area contributed by atoms with Crippen molar-refractivity contribution in [3.05, 3.63) is 29.3 Å². The van der Waals surface area contributed by atoms with E-state index in [4.69, 9.17) is 0 Å². The van der Waals surface area contributed by atoms with Crippen molar-refractivity contribution < 1.29 is 9.59 Å². The molecule has 0 radical (unpaired) electrons. The second kappa shape index (κ2) is 7.41. The summed E-state index contributed by atoms with van der Waals surface area (Å²) in [6.07, 6.45) is 2.39. The third-order valence-electron chi connectivity index (χ3n) is 3.80. The van der Waals surface area contributed by atoms with Crippen LogP contribution in [-0.2, 0) is 11.3 Å². The van der Waals surface area contributed by atoms with E-state index >= 15 is 0 Å². The normalized spacial score (nSPS) is 14.4. The van der Waals surface area contributed by atoms with Crippen LogP contribution in [-0.4, -0.2) is 41.5 Å². The fraction of sp³-hybridized carbons (Fsp3) is 0.438. The highest BCUT2D eigenvalue weighted by Gasteiger charge is 2.18. The largest absolute Gasteiger partial charge is 0.343 e. The Bertz CT molecular complexity index is 667. The van der Waals surface area contributed by atoms with E-state index in [-0.39, 0.29) is 11.9 Å². The second-order valence-electron chi connectivity index (χ2n) is 5.52. The molecule has 7 heteroatoms. The van der Waals surface area contributed by atoms with E-state index in [1.807, 2.05) is 29.2 Å². The first-order valence-corrected chi connectivity index (χ1v) is 8.68. The van der Waals surface area contributed by atoms with Gasteiger partial charge in [-0.25, -0.2) is 9.78 Å². The molecule has 1 aliphatic rings. The Balaban J connectivity index is 1.35. The van der Waals surface area contributed by atoms with Crippen LogP contribution in [0.15, 0.2) is 24.3 Å². The van der Waals surface area contributed by atoms with Gasteiger partial charge in [0, 0.05) is 26.1 Å². The van der Waals surface area contributed by atoms with Crippen LogP contribution in [0.1, 0.15) is 24.3 Å². The maximum absolute atomic E-state index is 11.8. The van der Waals surface area contributed by atoms with Gasteiger partial charge in [-0.1, -0.05) is 12.1 Å². The van der Waals surface area contributed by atoms with Crippen LogP contribution in [0.4, 0.5) is 4.79 Å². The van der Waals surface area contributed by atoms with Crippen molar-refractivity contribution in [2.45, 2.75) is 25.8 Å². The average molecular weight is 332 g/mol. The van der Waals surface area contributed by atoms with Gasteiger partial charge in [-0.05, 0) is 25.0 Å². The summed E-state index contributed by atoms with van der Waals surface area (Å²) in [5.74, 6) is 0.227. The van der Waals surface area contributed by atoms with Crippen LogP contribution >= 0.6 is 11.3 Å². The van der Waals surface area contributed by atoms with Gasteiger partial charge in [0.2, 0.25) is 5.91 Å². The third-order valence-corrected chi connectivity index (χ3v) is 4.84. The molecule has 0 spiro atoms. The van der Waals surface area contributed by atoms with Crippen molar-refractivity contribution >= 4 is 33.5 Å². The number of nitrogens with one attached hydrogen (secondary N) is 2. The minimum atomic E-state index is -0.197. The molecule has 1 aromatic carbocycles. The fourth-order valence-electron chi connectivity index (χ4n) is 2.63. The molecule has 1 aromatic heterocycles.